The Bertz CT molecular complexity index is 1220. The van der Waals surface area contributed by atoms with Gasteiger partial charge in [-0.05, 0) is 55.0 Å². The van der Waals surface area contributed by atoms with Crippen LogP contribution >= 0.6 is 0 Å². The number of ether oxygens (including phenoxy) is 1. The van der Waals surface area contributed by atoms with E-state index in [0.717, 1.165) is 4.68 Å². The Morgan fingerprint density at radius 1 is 1.06 bits per heavy atom. The molecule has 4 rings (SSSR count). The number of aromatic nitrogens is 2. The average molecular weight is 473 g/mol. The molecule has 0 bridgehead atoms. The Kier molecular flexibility index (Phi) is 6.05. The predicted octanol–water partition coefficient (Wildman–Crippen LogP) is 3.92. The number of nitrogens with one attached hydrogen (secondary N) is 1. The third-order valence-electron chi connectivity index (χ3n) is 5.64. The lowest BCUT2D eigenvalue weighted by molar-refractivity contribution is -0.141. The Hall–Kier alpha value is -3.86. The van der Waals surface area contributed by atoms with Crippen molar-refractivity contribution >= 4 is 17.4 Å². The van der Waals surface area contributed by atoms with Gasteiger partial charge in [-0.15, -0.1) is 0 Å². The highest BCUT2D eigenvalue weighted by atomic mass is 19.4. The lowest BCUT2D eigenvalue weighted by atomic mass is 10.0. The van der Waals surface area contributed by atoms with Gasteiger partial charge in [-0.2, -0.15) is 18.3 Å². The van der Waals surface area contributed by atoms with Gasteiger partial charge < -0.3 is 9.64 Å². The zero-order chi connectivity index (χ0) is 24.6. The highest BCUT2D eigenvalue weighted by molar-refractivity contribution is 6.08. The largest absolute Gasteiger partial charge is 0.497 e. The smallest absolute Gasteiger partial charge is 0.435 e. The van der Waals surface area contributed by atoms with E-state index in [9.17, 15) is 18.0 Å². The number of benzene rings is 2. The normalized spacial score (nSPS) is 13.6. The molecule has 0 saturated carbocycles. The number of amides is 1. The van der Waals surface area contributed by atoms with Crippen molar-refractivity contribution in [1.82, 2.24) is 14.8 Å². The first kappa shape index (κ1) is 23.3. The highest BCUT2D eigenvalue weighted by Crippen LogP contribution is 2.37. The van der Waals surface area contributed by atoms with Gasteiger partial charge in [-0.25, -0.2) is 9.75 Å². The van der Waals surface area contributed by atoms with Gasteiger partial charge in [-0.1, -0.05) is 0 Å². The molecule has 178 valence electrons. The number of carbonyl (C=O) groups is 1. The first-order valence-corrected chi connectivity index (χ1v) is 10.3. The zero-order valence-electron chi connectivity index (χ0n) is 18.7. The molecule has 1 N–H and O–H groups in total. The molecule has 3 aromatic rings. The van der Waals surface area contributed by atoms with Crippen LogP contribution in [0.5, 0.6) is 5.75 Å². The number of nitrogens with zero attached hydrogens (tertiary/aromatic N) is 4. The average Bonchev–Trinajstić information content (AvgIpc) is 3.25. The van der Waals surface area contributed by atoms with Crippen LogP contribution in [-0.4, -0.2) is 54.4 Å². The van der Waals surface area contributed by atoms with E-state index in [0.29, 0.717) is 22.7 Å². The van der Waals surface area contributed by atoms with Crippen molar-refractivity contribution in [3.05, 3.63) is 71.0 Å². The second kappa shape index (κ2) is 8.82. The van der Waals surface area contributed by atoms with Gasteiger partial charge in [0.05, 0.1) is 19.9 Å². The number of hydrogen-bond donors (Lipinski definition) is 1. The van der Waals surface area contributed by atoms with Gasteiger partial charge in [0.15, 0.2) is 11.5 Å². The number of amidine groups is 1. The molecular formula is C23H22F3N5O3. The van der Waals surface area contributed by atoms with Crippen LogP contribution in [0.15, 0.2) is 48.5 Å². The van der Waals surface area contributed by atoms with Crippen LogP contribution in [0.2, 0.25) is 0 Å². The fourth-order valence-corrected chi connectivity index (χ4v) is 3.82. The van der Waals surface area contributed by atoms with E-state index in [1.165, 1.54) is 24.2 Å². The number of halogens is 3. The van der Waals surface area contributed by atoms with Crippen LogP contribution in [-0.2, 0) is 17.4 Å². The maximum Gasteiger partial charge on any atom is 0.435 e. The monoisotopic (exact) mass is 473 g/mol. The molecule has 11 heteroatoms. The summed E-state index contributed by atoms with van der Waals surface area (Å²) in [4.78, 5) is 19.9. The van der Waals surface area contributed by atoms with Gasteiger partial charge in [-0.3, -0.25) is 15.0 Å². The molecule has 0 aliphatic carbocycles. The van der Waals surface area contributed by atoms with Gasteiger partial charge in [0.2, 0.25) is 0 Å². The van der Waals surface area contributed by atoms with E-state index in [1.807, 2.05) is 0 Å². The summed E-state index contributed by atoms with van der Waals surface area (Å²) in [7, 11) is 4.51. The second-order valence-corrected chi connectivity index (χ2v) is 7.57. The van der Waals surface area contributed by atoms with Crippen LogP contribution in [0.3, 0.4) is 0 Å². The lowest BCUT2D eigenvalue weighted by Crippen LogP contribution is -2.39. The van der Waals surface area contributed by atoms with E-state index in [2.05, 4.69) is 5.10 Å². The predicted molar refractivity (Wildman–Crippen MR) is 119 cm³/mol. The van der Waals surface area contributed by atoms with Crippen LogP contribution < -0.4 is 9.64 Å². The summed E-state index contributed by atoms with van der Waals surface area (Å²) in [5.74, 6) is 0.0594. The van der Waals surface area contributed by atoms with Crippen molar-refractivity contribution in [2.24, 2.45) is 0 Å². The lowest BCUT2D eigenvalue weighted by Gasteiger charge is -2.28. The first-order chi connectivity index (χ1) is 16.2. The third-order valence-corrected chi connectivity index (χ3v) is 5.64. The first-order valence-electron chi connectivity index (χ1n) is 10.3. The molecule has 0 saturated heterocycles. The van der Waals surface area contributed by atoms with E-state index < -0.39 is 17.8 Å². The van der Waals surface area contributed by atoms with Gasteiger partial charge in [0, 0.05) is 30.4 Å². The van der Waals surface area contributed by atoms with Crippen LogP contribution in [0.25, 0.3) is 5.69 Å². The van der Waals surface area contributed by atoms with Crippen molar-refractivity contribution in [1.29, 1.82) is 5.41 Å². The molecule has 0 atom stereocenters. The minimum Gasteiger partial charge on any atom is -0.497 e. The maximum atomic E-state index is 13.7. The van der Waals surface area contributed by atoms with E-state index in [-0.39, 0.29) is 30.1 Å². The summed E-state index contributed by atoms with van der Waals surface area (Å²) in [6.45, 7) is 0.0674. The number of anilines is 1. The molecule has 0 unspecified atom stereocenters. The number of carbonyl (C=O) groups excluding carboxylic acids is 1. The molecule has 2 aromatic carbocycles. The van der Waals surface area contributed by atoms with Gasteiger partial charge in [0.25, 0.3) is 5.91 Å². The molecule has 0 spiro atoms. The SMILES string of the molecule is COc1ccc(-n2nc(C(F)(F)F)c3c2C(=O)N(c2ccc(C(=N)N(C)OC)cc2)CC3)cc1. The number of alkyl halides is 3. The molecule has 1 aliphatic rings. The Labute approximate surface area is 193 Å². The zero-order valence-corrected chi connectivity index (χ0v) is 18.7. The van der Waals surface area contributed by atoms with Gasteiger partial charge >= 0.3 is 6.18 Å². The number of rotatable bonds is 5. The molecule has 0 radical (unpaired) electrons. The maximum absolute atomic E-state index is 13.7. The Morgan fingerprint density at radius 3 is 2.24 bits per heavy atom. The number of hydroxylamine groups is 2. The molecule has 1 aliphatic heterocycles. The minimum atomic E-state index is -4.69. The summed E-state index contributed by atoms with van der Waals surface area (Å²) in [6, 6.07) is 12.9. The second-order valence-electron chi connectivity index (χ2n) is 7.57. The van der Waals surface area contributed by atoms with Crippen molar-refractivity contribution in [3.8, 4) is 11.4 Å². The van der Waals surface area contributed by atoms with E-state index >= 15 is 0 Å². The summed E-state index contributed by atoms with van der Waals surface area (Å²) in [5, 5.41) is 13.2. The minimum absolute atomic E-state index is 0.00391. The highest BCUT2D eigenvalue weighted by Gasteiger charge is 2.43. The van der Waals surface area contributed by atoms with Crippen LogP contribution in [0.4, 0.5) is 18.9 Å². The summed E-state index contributed by atoms with van der Waals surface area (Å²) < 4.78 is 47.3. The van der Waals surface area contributed by atoms with Crippen molar-refractivity contribution in [2.45, 2.75) is 12.6 Å². The quantitative estimate of drug-likeness (QED) is 0.345. The molecule has 1 amide bonds. The summed E-state index contributed by atoms with van der Waals surface area (Å²) in [6.07, 6.45) is -4.70. The van der Waals surface area contributed by atoms with Crippen molar-refractivity contribution < 1.29 is 27.5 Å². The van der Waals surface area contributed by atoms with Gasteiger partial charge in [0.1, 0.15) is 11.4 Å². The summed E-state index contributed by atoms with van der Waals surface area (Å²) in [5.41, 5.74) is 0.0698. The van der Waals surface area contributed by atoms with Crippen LogP contribution in [0, 0.1) is 5.41 Å². The van der Waals surface area contributed by atoms with E-state index in [4.69, 9.17) is 15.0 Å². The molecule has 2 heterocycles. The van der Waals surface area contributed by atoms with E-state index in [1.54, 1.807) is 55.6 Å². The standard InChI is InChI=1S/C23H22F3N5O3/c1-29(34-3)21(27)14-4-6-15(7-5-14)30-13-12-18-19(22(30)32)31(28-20(18)23(24,25)26)16-8-10-17(33-2)11-9-16/h4-11,27H,12-13H2,1-3H3. The fourth-order valence-electron chi connectivity index (χ4n) is 3.82. The number of hydrogen-bond acceptors (Lipinski definition) is 5. The van der Waals surface area contributed by atoms with Crippen LogP contribution in [0.1, 0.15) is 27.3 Å². The summed E-state index contributed by atoms with van der Waals surface area (Å²) >= 11 is 0. The topological polar surface area (TPSA) is 83.7 Å². The number of methoxy groups -OCH3 is 1. The molecule has 8 nitrogen and oxygen atoms in total. The fraction of sp³-hybridized carbons (Fsp3) is 0.261. The van der Waals surface area contributed by atoms with Crippen molar-refractivity contribution in [3.63, 3.8) is 0 Å². The molecule has 1 aromatic heterocycles. The molecule has 34 heavy (non-hydrogen) atoms. The third kappa shape index (κ3) is 4.10. The number of fused-ring (bicyclic) bond motifs is 1. The molecule has 0 fully saturated rings. The Balaban J connectivity index is 1.74. The van der Waals surface area contributed by atoms with Crippen molar-refractivity contribution in [2.75, 3.05) is 32.7 Å². The Morgan fingerprint density at radius 2 is 1.68 bits per heavy atom. The molecular weight excluding hydrogens is 451 g/mol.